The minimum absolute atomic E-state index is 0. The standard InChI is InChI=1S/C17H23BrN2O.ClH/c18-14-6-2-5-13(10-14)17(8-3-9-17)20-16(21)15-7-1-4-12(15)11-19;/h2,5-6,10,12,15H,1,3-4,7-9,11,19H2,(H,20,21);1H/t12-,15-;/m1./s1. The monoisotopic (exact) mass is 386 g/mol. The summed E-state index contributed by atoms with van der Waals surface area (Å²) in [5.74, 6) is 0.687. The van der Waals surface area contributed by atoms with E-state index in [0.717, 1.165) is 36.6 Å². The third-order valence-electron chi connectivity index (χ3n) is 5.25. The summed E-state index contributed by atoms with van der Waals surface area (Å²) in [6.07, 6.45) is 6.47. The van der Waals surface area contributed by atoms with Gasteiger partial charge in [-0.25, -0.2) is 0 Å². The number of hydrogen-bond acceptors (Lipinski definition) is 2. The predicted molar refractivity (Wildman–Crippen MR) is 94.9 cm³/mol. The lowest BCUT2D eigenvalue weighted by molar-refractivity contribution is -0.129. The molecule has 22 heavy (non-hydrogen) atoms. The molecule has 0 saturated heterocycles. The van der Waals surface area contributed by atoms with Crippen molar-refractivity contribution in [2.75, 3.05) is 6.54 Å². The molecule has 1 amide bonds. The van der Waals surface area contributed by atoms with Crippen molar-refractivity contribution in [1.29, 1.82) is 0 Å². The quantitative estimate of drug-likeness (QED) is 0.827. The van der Waals surface area contributed by atoms with Crippen LogP contribution in [-0.4, -0.2) is 12.5 Å². The molecule has 2 aliphatic carbocycles. The Morgan fingerprint density at radius 3 is 2.68 bits per heavy atom. The average Bonchev–Trinajstić information content (AvgIpc) is 2.91. The minimum atomic E-state index is -0.150. The summed E-state index contributed by atoms with van der Waals surface area (Å²) < 4.78 is 1.07. The van der Waals surface area contributed by atoms with Gasteiger partial charge in [0.1, 0.15) is 0 Å². The molecule has 0 aromatic heterocycles. The van der Waals surface area contributed by atoms with Gasteiger partial charge < -0.3 is 11.1 Å². The van der Waals surface area contributed by atoms with E-state index in [0.29, 0.717) is 12.5 Å². The van der Waals surface area contributed by atoms with Gasteiger partial charge in [-0.2, -0.15) is 0 Å². The fraction of sp³-hybridized carbons (Fsp3) is 0.588. The topological polar surface area (TPSA) is 55.1 Å². The maximum atomic E-state index is 12.7. The minimum Gasteiger partial charge on any atom is -0.346 e. The van der Waals surface area contributed by atoms with Crippen LogP contribution < -0.4 is 11.1 Å². The molecule has 122 valence electrons. The largest absolute Gasteiger partial charge is 0.346 e. The Labute approximate surface area is 147 Å². The van der Waals surface area contributed by atoms with E-state index in [4.69, 9.17) is 5.73 Å². The van der Waals surface area contributed by atoms with Gasteiger partial charge >= 0.3 is 0 Å². The highest BCUT2D eigenvalue weighted by Gasteiger charge is 2.42. The molecule has 2 saturated carbocycles. The van der Waals surface area contributed by atoms with Gasteiger partial charge in [0.2, 0.25) is 5.91 Å². The van der Waals surface area contributed by atoms with Gasteiger partial charge in [-0.05, 0) is 62.3 Å². The summed E-state index contributed by atoms with van der Waals surface area (Å²) in [6, 6.07) is 8.33. The number of nitrogens with one attached hydrogen (secondary N) is 1. The third-order valence-corrected chi connectivity index (χ3v) is 5.74. The number of halogens is 2. The molecule has 2 aliphatic rings. The van der Waals surface area contributed by atoms with Crippen molar-refractivity contribution >= 4 is 34.2 Å². The van der Waals surface area contributed by atoms with Crippen LogP contribution in [0.25, 0.3) is 0 Å². The molecule has 2 fully saturated rings. The van der Waals surface area contributed by atoms with Crippen LogP contribution in [0, 0.1) is 11.8 Å². The molecule has 5 heteroatoms. The van der Waals surface area contributed by atoms with E-state index in [1.165, 1.54) is 12.0 Å². The smallest absolute Gasteiger partial charge is 0.224 e. The molecule has 1 aromatic rings. The fourth-order valence-electron chi connectivity index (χ4n) is 3.79. The normalized spacial score (nSPS) is 25.9. The molecule has 0 heterocycles. The number of benzene rings is 1. The van der Waals surface area contributed by atoms with Crippen LogP contribution in [0.15, 0.2) is 28.7 Å². The lowest BCUT2D eigenvalue weighted by Crippen LogP contribution is -2.53. The Morgan fingerprint density at radius 1 is 1.32 bits per heavy atom. The molecular formula is C17H24BrClN2O. The highest BCUT2D eigenvalue weighted by Crippen LogP contribution is 2.43. The Kier molecular flexibility index (Phi) is 5.92. The first kappa shape index (κ1) is 17.8. The van der Waals surface area contributed by atoms with Crippen LogP contribution in [-0.2, 0) is 10.3 Å². The van der Waals surface area contributed by atoms with Crippen molar-refractivity contribution in [2.24, 2.45) is 17.6 Å². The summed E-state index contributed by atoms with van der Waals surface area (Å²) in [4.78, 5) is 12.7. The van der Waals surface area contributed by atoms with Gasteiger partial charge in [0.25, 0.3) is 0 Å². The average molecular weight is 388 g/mol. The Bertz CT molecular complexity index is 533. The predicted octanol–water partition coefficient (Wildman–Crippen LogP) is 3.74. The zero-order chi connectivity index (χ0) is 14.9. The van der Waals surface area contributed by atoms with E-state index in [9.17, 15) is 4.79 Å². The SMILES string of the molecule is Cl.NC[C@H]1CCC[C@H]1C(=O)NC1(c2cccc(Br)c2)CCC1. The van der Waals surface area contributed by atoms with Crippen LogP contribution in [0.5, 0.6) is 0 Å². The van der Waals surface area contributed by atoms with E-state index in [1.54, 1.807) is 0 Å². The Balaban J connectivity index is 0.00000176. The maximum Gasteiger partial charge on any atom is 0.224 e. The summed E-state index contributed by atoms with van der Waals surface area (Å²) >= 11 is 3.53. The van der Waals surface area contributed by atoms with Gasteiger partial charge in [-0.1, -0.05) is 34.5 Å². The van der Waals surface area contributed by atoms with Crippen LogP contribution in [0.1, 0.15) is 44.1 Å². The fourth-order valence-corrected chi connectivity index (χ4v) is 4.19. The number of carbonyl (C=O) groups is 1. The second kappa shape index (κ2) is 7.33. The van der Waals surface area contributed by atoms with Crippen LogP contribution in [0.4, 0.5) is 0 Å². The Hall–Kier alpha value is -0.580. The van der Waals surface area contributed by atoms with Crippen LogP contribution in [0.2, 0.25) is 0 Å². The molecule has 0 bridgehead atoms. The van der Waals surface area contributed by atoms with Crippen molar-refractivity contribution in [1.82, 2.24) is 5.32 Å². The maximum absolute atomic E-state index is 12.7. The molecule has 2 atom stereocenters. The van der Waals surface area contributed by atoms with Gasteiger partial charge in [0, 0.05) is 10.4 Å². The molecule has 0 aliphatic heterocycles. The lowest BCUT2D eigenvalue weighted by Gasteiger charge is -2.44. The zero-order valence-electron chi connectivity index (χ0n) is 12.7. The summed E-state index contributed by atoms with van der Waals surface area (Å²) in [5, 5.41) is 3.36. The van der Waals surface area contributed by atoms with Crippen molar-refractivity contribution in [3.63, 3.8) is 0 Å². The van der Waals surface area contributed by atoms with Gasteiger partial charge in [-0.3, -0.25) is 4.79 Å². The molecule has 3 N–H and O–H groups in total. The molecule has 0 spiro atoms. The van der Waals surface area contributed by atoms with Gasteiger partial charge in [0.15, 0.2) is 0 Å². The van der Waals surface area contributed by atoms with Crippen molar-refractivity contribution in [2.45, 2.75) is 44.1 Å². The molecule has 3 nitrogen and oxygen atoms in total. The summed E-state index contributed by atoms with van der Waals surface area (Å²) in [6.45, 7) is 0.627. The zero-order valence-corrected chi connectivity index (χ0v) is 15.1. The first-order valence-corrected chi connectivity index (χ1v) is 8.72. The second-order valence-corrected chi connectivity index (χ2v) is 7.38. The van der Waals surface area contributed by atoms with Crippen LogP contribution in [0.3, 0.4) is 0 Å². The number of rotatable bonds is 4. The highest BCUT2D eigenvalue weighted by atomic mass is 79.9. The van der Waals surface area contributed by atoms with Gasteiger partial charge in [-0.15, -0.1) is 12.4 Å². The van der Waals surface area contributed by atoms with E-state index in [2.05, 4.69) is 33.4 Å². The van der Waals surface area contributed by atoms with E-state index < -0.39 is 0 Å². The van der Waals surface area contributed by atoms with E-state index in [-0.39, 0.29) is 29.8 Å². The van der Waals surface area contributed by atoms with Crippen molar-refractivity contribution in [3.05, 3.63) is 34.3 Å². The van der Waals surface area contributed by atoms with Crippen molar-refractivity contribution < 1.29 is 4.79 Å². The molecule has 1 aromatic carbocycles. The number of amides is 1. The Morgan fingerprint density at radius 2 is 2.09 bits per heavy atom. The number of hydrogen-bond donors (Lipinski definition) is 2. The first-order valence-electron chi connectivity index (χ1n) is 7.93. The third kappa shape index (κ3) is 3.34. The molecular weight excluding hydrogens is 364 g/mol. The van der Waals surface area contributed by atoms with Crippen molar-refractivity contribution in [3.8, 4) is 0 Å². The number of carbonyl (C=O) groups excluding carboxylic acids is 1. The highest BCUT2D eigenvalue weighted by molar-refractivity contribution is 9.10. The lowest BCUT2D eigenvalue weighted by atomic mass is 9.71. The van der Waals surface area contributed by atoms with E-state index >= 15 is 0 Å². The van der Waals surface area contributed by atoms with Gasteiger partial charge in [0.05, 0.1) is 5.54 Å². The molecule has 0 unspecified atom stereocenters. The number of nitrogens with two attached hydrogens (primary N) is 1. The van der Waals surface area contributed by atoms with Crippen LogP contribution >= 0.6 is 28.3 Å². The molecule has 3 rings (SSSR count). The molecule has 0 radical (unpaired) electrons. The first-order chi connectivity index (χ1) is 10.1. The van der Waals surface area contributed by atoms with E-state index in [1.807, 2.05) is 12.1 Å². The second-order valence-electron chi connectivity index (χ2n) is 6.47. The summed E-state index contributed by atoms with van der Waals surface area (Å²) in [7, 11) is 0. The summed E-state index contributed by atoms with van der Waals surface area (Å²) in [5.41, 5.74) is 6.89.